The fraction of sp³-hybridized carbons (Fsp3) is 0.500. The van der Waals surface area contributed by atoms with Crippen LogP contribution in [0.4, 0.5) is 35.5 Å². The summed E-state index contributed by atoms with van der Waals surface area (Å²) in [5.74, 6) is -2.00. The number of aliphatic carboxylic acids is 1. The molecule has 4 N–H and O–H groups in total. The third-order valence-corrected chi connectivity index (χ3v) is 8.30. The Kier molecular flexibility index (Phi) is 12.9. The van der Waals surface area contributed by atoms with Gasteiger partial charge in [0.25, 0.3) is 5.91 Å². The van der Waals surface area contributed by atoms with E-state index in [0.29, 0.717) is 30.9 Å². The average Bonchev–Trinajstić information content (AvgIpc) is 3.59. The Balaban J connectivity index is 1.38. The number of carboxylic acid groups (broad SMARTS) is 1. The fourth-order valence-corrected chi connectivity index (χ4v) is 5.70. The lowest BCUT2D eigenvalue weighted by atomic mass is 9.98. The summed E-state index contributed by atoms with van der Waals surface area (Å²) in [5, 5.41) is 18.6. The molecule has 15 nitrogen and oxygen atoms in total. The van der Waals surface area contributed by atoms with Gasteiger partial charge in [-0.1, -0.05) is 12.1 Å². The number of halogens is 3. The van der Waals surface area contributed by atoms with Crippen molar-refractivity contribution in [2.45, 2.75) is 77.2 Å². The number of amides is 2. The van der Waals surface area contributed by atoms with Crippen molar-refractivity contribution in [1.29, 1.82) is 0 Å². The van der Waals surface area contributed by atoms with Crippen molar-refractivity contribution in [2.24, 2.45) is 5.92 Å². The van der Waals surface area contributed by atoms with E-state index >= 15 is 0 Å². The van der Waals surface area contributed by atoms with Crippen molar-refractivity contribution in [3.05, 3.63) is 53.6 Å². The van der Waals surface area contributed by atoms with E-state index < -0.39 is 54.3 Å². The second-order valence-electron chi connectivity index (χ2n) is 13.9. The summed E-state index contributed by atoms with van der Waals surface area (Å²) in [6.07, 6.45) is -1.77. The number of ether oxygens (including phenoxy) is 4. The Morgan fingerprint density at radius 3 is 2.37 bits per heavy atom. The minimum absolute atomic E-state index is 0.0392. The number of carboxylic acids is 1. The number of carbonyl (C=O) groups excluding carboxylic acids is 2. The minimum atomic E-state index is -4.64. The second kappa shape index (κ2) is 17.5. The summed E-state index contributed by atoms with van der Waals surface area (Å²) in [7, 11) is 0. The number of anilines is 3. The highest BCUT2D eigenvalue weighted by molar-refractivity contribution is 5.99. The first-order valence-electron chi connectivity index (χ1n) is 17.6. The van der Waals surface area contributed by atoms with Gasteiger partial charge in [0.2, 0.25) is 11.9 Å². The number of fused-ring (bicyclic) bond motifs is 10. The Labute approximate surface area is 309 Å². The zero-order chi connectivity index (χ0) is 38.9. The highest BCUT2D eigenvalue weighted by Crippen LogP contribution is 2.29. The lowest BCUT2D eigenvalue weighted by molar-refractivity contribution is -0.154. The molecule has 2 atom stereocenters. The molecule has 3 aromatic rings. The number of aromatic nitrogens is 3. The van der Waals surface area contributed by atoms with Gasteiger partial charge in [0.15, 0.2) is 6.61 Å². The number of nitrogens with one attached hydrogen (secondary N) is 3. The number of carbonyl (C=O) groups is 3. The summed E-state index contributed by atoms with van der Waals surface area (Å²) in [6.45, 7) is 4.87. The summed E-state index contributed by atoms with van der Waals surface area (Å²) in [6, 6.07) is 9.80. The molecule has 0 aliphatic carbocycles. The van der Waals surface area contributed by atoms with Gasteiger partial charge in [-0.15, -0.1) is 0 Å². The SMILES string of the molecule is CC(C)(C)OC(=O)N1CCC(C(NC(=O)c2ccc3cc2OCCCCCCOc2ccc(cc2)CNc2nc(nc(OCC(F)(F)F)n2)N3)C(=O)O)C1. The van der Waals surface area contributed by atoms with Crippen LogP contribution >= 0.6 is 0 Å². The quantitative estimate of drug-likeness (QED) is 0.232. The maximum absolute atomic E-state index is 13.7. The molecule has 54 heavy (non-hydrogen) atoms. The summed E-state index contributed by atoms with van der Waals surface area (Å²) in [4.78, 5) is 52.4. The molecule has 2 unspecified atom stereocenters. The number of alkyl halides is 3. The maximum Gasteiger partial charge on any atom is 0.422 e. The Hall–Kier alpha value is -5.55. The maximum atomic E-state index is 13.7. The van der Waals surface area contributed by atoms with Gasteiger partial charge in [-0.25, -0.2) is 9.59 Å². The topological polar surface area (TPSA) is 186 Å². The van der Waals surface area contributed by atoms with E-state index in [-0.39, 0.29) is 49.5 Å². The van der Waals surface area contributed by atoms with E-state index in [2.05, 4.69) is 30.9 Å². The van der Waals surface area contributed by atoms with Crippen LogP contribution in [-0.2, 0) is 16.1 Å². The van der Waals surface area contributed by atoms with Crippen molar-refractivity contribution >= 4 is 35.6 Å². The predicted molar refractivity (Wildman–Crippen MR) is 189 cm³/mol. The molecule has 0 saturated carbocycles. The molecule has 2 aromatic carbocycles. The van der Waals surface area contributed by atoms with Gasteiger partial charge in [0, 0.05) is 37.3 Å². The molecule has 292 valence electrons. The summed E-state index contributed by atoms with van der Waals surface area (Å²) in [5.41, 5.74) is 0.442. The Morgan fingerprint density at radius 2 is 1.69 bits per heavy atom. The van der Waals surface area contributed by atoms with Crippen LogP contribution < -0.4 is 30.2 Å². The van der Waals surface area contributed by atoms with Crippen molar-refractivity contribution in [3.8, 4) is 17.5 Å². The number of hydrogen-bond donors (Lipinski definition) is 4. The highest BCUT2D eigenvalue weighted by Gasteiger charge is 2.38. The first-order valence-corrected chi connectivity index (χ1v) is 17.6. The molecule has 18 heteroatoms. The van der Waals surface area contributed by atoms with E-state index in [1.807, 2.05) is 24.3 Å². The van der Waals surface area contributed by atoms with Crippen LogP contribution in [0.1, 0.15) is 68.8 Å². The molecule has 0 radical (unpaired) electrons. The molecule has 1 aromatic heterocycles. The Bertz CT molecular complexity index is 1770. The molecule has 6 rings (SSSR count). The number of nitrogens with zero attached hydrogens (tertiary/aromatic N) is 4. The van der Waals surface area contributed by atoms with Gasteiger partial charge < -0.3 is 44.9 Å². The van der Waals surface area contributed by atoms with E-state index in [1.54, 1.807) is 20.8 Å². The monoisotopic (exact) mass is 759 g/mol. The van der Waals surface area contributed by atoms with Gasteiger partial charge in [-0.2, -0.15) is 28.1 Å². The molecule has 1 fully saturated rings. The van der Waals surface area contributed by atoms with Gasteiger partial charge in [0.1, 0.15) is 23.1 Å². The van der Waals surface area contributed by atoms with Gasteiger partial charge in [-0.3, -0.25) is 4.79 Å². The number of benzene rings is 2. The van der Waals surface area contributed by atoms with Crippen LogP contribution in [0.2, 0.25) is 0 Å². The van der Waals surface area contributed by atoms with E-state index in [0.717, 1.165) is 24.8 Å². The third kappa shape index (κ3) is 12.0. The van der Waals surface area contributed by atoms with Crippen LogP contribution in [0.5, 0.6) is 17.5 Å². The molecular weight excluding hydrogens is 715 g/mol. The van der Waals surface area contributed by atoms with E-state index in [1.165, 1.54) is 23.1 Å². The molecule has 4 heterocycles. The normalized spacial score (nSPS) is 17.4. The lowest BCUT2D eigenvalue weighted by Gasteiger charge is -2.25. The van der Waals surface area contributed by atoms with Crippen molar-refractivity contribution in [1.82, 2.24) is 25.2 Å². The Morgan fingerprint density at radius 1 is 0.981 bits per heavy atom. The standard InChI is InChI=1S/C36H44F3N7O8/c1-35(2,3)54-34(50)46-15-14-23(20-46)28(30(48)49)42-29(47)26-13-10-24-18-27(26)52-17-7-5-4-6-16-51-25-11-8-22(9-12-25)19-40-31-43-32(41-24)45-33(44-31)53-21-36(37,38)39/h8-13,18,23,28H,4-7,14-17,19-21H2,1-3H3,(H,42,47)(H,48,49)(H2,40,41,43,44,45). The zero-order valence-electron chi connectivity index (χ0n) is 30.2. The van der Waals surface area contributed by atoms with Crippen LogP contribution in [0, 0.1) is 5.92 Å². The van der Waals surface area contributed by atoms with Crippen molar-refractivity contribution in [3.63, 3.8) is 0 Å². The van der Waals surface area contributed by atoms with Crippen LogP contribution in [0.25, 0.3) is 0 Å². The number of hydrogen-bond acceptors (Lipinski definition) is 12. The average molecular weight is 760 g/mol. The summed E-state index contributed by atoms with van der Waals surface area (Å²) >= 11 is 0. The highest BCUT2D eigenvalue weighted by atomic mass is 19.4. The molecule has 0 spiro atoms. The third-order valence-electron chi connectivity index (χ3n) is 8.30. The summed E-state index contributed by atoms with van der Waals surface area (Å²) < 4.78 is 61.2. The fourth-order valence-electron chi connectivity index (χ4n) is 5.70. The zero-order valence-corrected chi connectivity index (χ0v) is 30.2. The predicted octanol–water partition coefficient (Wildman–Crippen LogP) is 5.94. The smallest absolute Gasteiger partial charge is 0.422 e. The molecule has 3 aliphatic heterocycles. The van der Waals surface area contributed by atoms with E-state index in [4.69, 9.17) is 18.9 Å². The lowest BCUT2D eigenvalue weighted by Crippen LogP contribution is -2.47. The van der Waals surface area contributed by atoms with Crippen LogP contribution in [-0.4, -0.2) is 93.7 Å². The molecule has 1 saturated heterocycles. The minimum Gasteiger partial charge on any atom is -0.494 e. The molecule has 2 amide bonds. The molecule has 3 aliphatic rings. The van der Waals surface area contributed by atoms with Crippen LogP contribution in [0.3, 0.4) is 0 Å². The van der Waals surface area contributed by atoms with Crippen molar-refractivity contribution < 1.29 is 51.6 Å². The number of likely N-dealkylation sites (tertiary alicyclic amines) is 1. The van der Waals surface area contributed by atoms with Crippen molar-refractivity contribution in [2.75, 3.05) is 43.5 Å². The van der Waals surface area contributed by atoms with Crippen LogP contribution in [0.15, 0.2) is 42.5 Å². The van der Waals surface area contributed by atoms with Gasteiger partial charge >= 0.3 is 24.2 Å². The van der Waals surface area contributed by atoms with Gasteiger partial charge in [0.05, 0.1) is 18.8 Å². The second-order valence-corrected chi connectivity index (χ2v) is 13.9. The van der Waals surface area contributed by atoms with Gasteiger partial charge in [-0.05, 0) is 82.7 Å². The number of rotatable bonds is 6. The molecular formula is C36H44F3N7O8. The largest absolute Gasteiger partial charge is 0.494 e. The van der Waals surface area contributed by atoms with E-state index in [9.17, 15) is 32.7 Å². The first kappa shape index (κ1) is 39.7. The molecule has 6 bridgehead atoms. The first-order chi connectivity index (χ1) is 25.6.